The minimum atomic E-state index is -4.93. The molecule has 0 fully saturated rings. The molecule has 0 aliphatic rings. The highest BCUT2D eigenvalue weighted by atomic mass is 35.5. The molecule has 0 saturated carbocycles. The molecule has 0 saturated heterocycles. The van der Waals surface area contributed by atoms with Crippen molar-refractivity contribution in [1.82, 2.24) is 9.78 Å². The lowest BCUT2D eigenvalue weighted by Crippen LogP contribution is -2.16. The second-order valence-corrected chi connectivity index (χ2v) is 8.38. The molecule has 2 aromatic rings. The fourth-order valence-electron chi connectivity index (χ4n) is 2.06. The molecule has 0 radical (unpaired) electrons. The first-order chi connectivity index (χ1) is 12.3. The Morgan fingerprint density at radius 1 is 1.26 bits per heavy atom. The molecule has 0 aliphatic carbocycles. The van der Waals surface area contributed by atoms with Crippen LogP contribution in [0.1, 0.15) is 17.0 Å². The molecule has 1 unspecified atom stereocenters. The summed E-state index contributed by atoms with van der Waals surface area (Å²) in [6.07, 6.45) is -4.93. The van der Waals surface area contributed by atoms with E-state index < -0.39 is 65.9 Å². The van der Waals surface area contributed by atoms with E-state index in [1.807, 2.05) is 0 Å². The van der Waals surface area contributed by atoms with E-state index in [1.165, 1.54) is 6.07 Å². The Labute approximate surface area is 164 Å². The van der Waals surface area contributed by atoms with Crippen LogP contribution in [0.4, 0.5) is 26.3 Å². The van der Waals surface area contributed by atoms with Gasteiger partial charge in [-0.1, -0.05) is 34.8 Å². The van der Waals surface area contributed by atoms with Crippen LogP contribution in [0.25, 0.3) is 5.69 Å². The summed E-state index contributed by atoms with van der Waals surface area (Å²) in [5.74, 6) is -1.57. The van der Waals surface area contributed by atoms with Crippen LogP contribution in [0.3, 0.4) is 0 Å². The lowest BCUT2D eigenvalue weighted by Gasteiger charge is -2.13. The zero-order valence-corrected chi connectivity index (χ0v) is 15.5. The first-order valence-corrected chi connectivity index (χ1v) is 8.74. The molecule has 0 bridgehead atoms. The molecule has 0 amide bonds. The molecule has 4 nitrogen and oxygen atoms in total. The molecule has 146 valence electrons. The quantitative estimate of drug-likeness (QED) is 0.456. The molecular formula is C13H4Cl3F6N3OS. The van der Waals surface area contributed by atoms with Gasteiger partial charge in [0.15, 0.2) is 11.5 Å². The number of hydrogen-bond donors (Lipinski definition) is 0. The maximum absolute atomic E-state index is 14.3. The van der Waals surface area contributed by atoms with Crippen molar-refractivity contribution in [3.05, 3.63) is 39.9 Å². The van der Waals surface area contributed by atoms with Crippen LogP contribution in [-0.4, -0.2) is 17.9 Å². The van der Waals surface area contributed by atoms with Crippen LogP contribution in [-0.2, 0) is 23.7 Å². The highest BCUT2D eigenvalue weighted by Crippen LogP contribution is 2.38. The van der Waals surface area contributed by atoms with Crippen molar-refractivity contribution in [2.75, 3.05) is 0 Å². The van der Waals surface area contributed by atoms with Crippen LogP contribution in [0.15, 0.2) is 17.0 Å². The molecule has 1 aromatic carbocycles. The third kappa shape index (κ3) is 4.18. The van der Waals surface area contributed by atoms with Crippen molar-refractivity contribution >= 4 is 45.6 Å². The van der Waals surface area contributed by atoms with Crippen molar-refractivity contribution in [3.63, 3.8) is 0 Å². The van der Waals surface area contributed by atoms with Gasteiger partial charge in [-0.25, -0.2) is 17.7 Å². The van der Waals surface area contributed by atoms with Gasteiger partial charge in [-0.3, -0.25) is 0 Å². The Kier molecular flexibility index (Phi) is 6.06. The number of aromatic nitrogens is 2. The number of halogens is 9. The van der Waals surface area contributed by atoms with Gasteiger partial charge in [0.05, 0.1) is 16.3 Å². The highest BCUT2D eigenvalue weighted by molar-refractivity contribution is 7.89. The molecular weight excluding hydrogens is 467 g/mol. The third-order valence-corrected chi connectivity index (χ3v) is 5.47. The van der Waals surface area contributed by atoms with E-state index in [1.54, 1.807) is 0 Å². The van der Waals surface area contributed by atoms with Gasteiger partial charge in [0.25, 0.3) is 0 Å². The van der Waals surface area contributed by atoms with Crippen molar-refractivity contribution in [2.24, 2.45) is 0 Å². The zero-order valence-electron chi connectivity index (χ0n) is 12.4. The Hall–Kier alpha value is -1.48. The standard InChI is InChI=1S/C13H4Cl3F6N3OS/c14-6-1-5(12(19,20)21)2-7(18)10(6)25-9(3-17)11(8(4-23)24-25)27(26)13(15,16)22/h1-2H,3H2. The van der Waals surface area contributed by atoms with E-state index >= 15 is 0 Å². The molecule has 27 heavy (non-hydrogen) atoms. The number of alkyl halides is 7. The summed E-state index contributed by atoms with van der Waals surface area (Å²) in [5, 5.41) is 11.6. The van der Waals surface area contributed by atoms with Crippen molar-refractivity contribution in [2.45, 2.75) is 21.7 Å². The summed E-state index contributed by atoms with van der Waals surface area (Å²) in [7, 11) is -3.04. The average Bonchev–Trinajstić information content (AvgIpc) is 2.89. The smallest absolute Gasteiger partial charge is 0.248 e. The van der Waals surface area contributed by atoms with Gasteiger partial charge in [0, 0.05) is 0 Å². The van der Waals surface area contributed by atoms with E-state index in [0.717, 1.165) is 0 Å². The summed E-state index contributed by atoms with van der Waals surface area (Å²) in [6, 6.07) is 1.77. The van der Waals surface area contributed by atoms with Crippen LogP contribution in [0.5, 0.6) is 0 Å². The first-order valence-electron chi connectivity index (χ1n) is 6.46. The monoisotopic (exact) mass is 469 g/mol. The molecule has 1 atom stereocenters. The minimum Gasteiger partial charge on any atom is -0.248 e. The summed E-state index contributed by atoms with van der Waals surface area (Å²) in [6.45, 7) is -1.57. The van der Waals surface area contributed by atoms with E-state index in [4.69, 9.17) is 40.1 Å². The van der Waals surface area contributed by atoms with E-state index in [-0.39, 0.29) is 6.07 Å². The van der Waals surface area contributed by atoms with Gasteiger partial charge in [-0.05, 0) is 12.1 Å². The van der Waals surface area contributed by atoms with Crippen LogP contribution >= 0.6 is 34.8 Å². The second kappa shape index (κ2) is 7.50. The zero-order chi connectivity index (χ0) is 20.7. The molecule has 14 heteroatoms. The highest BCUT2D eigenvalue weighted by Gasteiger charge is 2.39. The SMILES string of the molecule is N#Cc1nn(-c2c(F)cc(C(F)(F)F)cc2Cl)c(CF)c1S(=O)C(F)(Cl)Cl. The van der Waals surface area contributed by atoms with Gasteiger partial charge >= 0.3 is 10.1 Å². The molecule has 1 heterocycles. The number of rotatable bonds is 4. The van der Waals surface area contributed by atoms with Crippen molar-refractivity contribution in [3.8, 4) is 11.8 Å². The fraction of sp³-hybridized carbons (Fsp3) is 0.231. The predicted molar refractivity (Wildman–Crippen MR) is 85.0 cm³/mol. The van der Waals surface area contributed by atoms with Crippen LogP contribution < -0.4 is 0 Å². The second-order valence-electron chi connectivity index (χ2n) is 4.78. The topological polar surface area (TPSA) is 58.7 Å². The van der Waals surface area contributed by atoms with Crippen LogP contribution in [0, 0.1) is 17.1 Å². The average molecular weight is 471 g/mol. The number of nitriles is 1. The first kappa shape index (κ1) is 21.8. The summed E-state index contributed by atoms with van der Waals surface area (Å²) in [4.78, 5) is -0.886. The Balaban J connectivity index is 2.81. The predicted octanol–water partition coefficient (Wildman–Crippen LogP) is 5.19. The largest absolute Gasteiger partial charge is 0.416 e. The van der Waals surface area contributed by atoms with Crippen molar-refractivity contribution < 1.29 is 30.6 Å². The number of benzene rings is 1. The molecule has 0 aliphatic heterocycles. The summed E-state index contributed by atoms with van der Waals surface area (Å²) >= 11 is 15.8. The summed E-state index contributed by atoms with van der Waals surface area (Å²) < 4.78 is 88.4. The minimum absolute atomic E-state index is 0.0656. The van der Waals surface area contributed by atoms with E-state index in [9.17, 15) is 30.6 Å². The molecule has 2 rings (SSSR count). The normalized spacial score (nSPS) is 13.5. The van der Waals surface area contributed by atoms with Gasteiger partial charge in [0.1, 0.15) is 34.1 Å². The molecule has 1 aromatic heterocycles. The van der Waals surface area contributed by atoms with Crippen molar-refractivity contribution in [1.29, 1.82) is 5.26 Å². The van der Waals surface area contributed by atoms with Gasteiger partial charge in [-0.2, -0.15) is 27.9 Å². The van der Waals surface area contributed by atoms with Crippen LogP contribution in [0.2, 0.25) is 5.02 Å². The molecule has 0 N–H and O–H groups in total. The van der Waals surface area contributed by atoms with Gasteiger partial charge < -0.3 is 0 Å². The fourth-order valence-corrected chi connectivity index (χ4v) is 3.66. The Morgan fingerprint density at radius 3 is 2.26 bits per heavy atom. The third-order valence-electron chi connectivity index (χ3n) is 3.12. The van der Waals surface area contributed by atoms with E-state index in [0.29, 0.717) is 10.7 Å². The summed E-state index contributed by atoms with van der Waals surface area (Å²) in [5.41, 5.74) is -3.96. The van der Waals surface area contributed by atoms with Gasteiger partial charge in [0.2, 0.25) is 0 Å². The molecule has 0 spiro atoms. The number of nitrogens with zero attached hydrogens (tertiary/aromatic N) is 3. The lowest BCUT2D eigenvalue weighted by molar-refractivity contribution is -0.137. The maximum atomic E-state index is 14.3. The lowest BCUT2D eigenvalue weighted by atomic mass is 10.2. The van der Waals surface area contributed by atoms with Gasteiger partial charge in [-0.15, -0.1) is 0 Å². The Bertz CT molecular complexity index is 941. The van der Waals surface area contributed by atoms with E-state index in [2.05, 4.69) is 5.10 Å². The number of hydrogen-bond acceptors (Lipinski definition) is 3. The Morgan fingerprint density at radius 2 is 1.85 bits per heavy atom. The maximum Gasteiger partial charge on any atom is 0.416 e.